The molecule has 3 aromatic rings. The van der Waals surface area contributed by atoms with E-state index in [1.165, 1.54) is 17.4 Å². The van der Waals surface area contributed by atoms with Crippen molar-refractivity contribution in [2.45, 2.75) is 32.7 Å². The molecule has 0 aromatic carbocycles. The van der Waals surface area contributed by atoms with Crippen molar-refractivity contribution in [1.82, 2.24) is 25.3 Å². The molecule has 0 aliphatic carbocycles. The molecule has 8 nitrogen and oxygen atoms in total. The zero-order valence-corrected chi connectivity index (χ0v) is 17.6. The number of anilines is 1. The molecule has 0 unspecified atom stereocenters. The number of amides is 1. The number of aryl methyl sites for hydroxylation is 1. The van der Waals surface area contributed by atoms with Gasteiger partial charge in [0, 0.05) is 26.0 Å². The molecular weight excluding hydrogens is 407 g/mol. The van der Waals surface area contributed by atoms with Crippen molar-refractivity contribution in [3.63, 3.8) is 0 Å². The quantitative estimate of drug-likeness (QED) is 0.619. The predicted molar refractivity (Wildman–Crippen MR) is 112 cm³/mol. The third-order valence-corrected chi connectivity index (χ3v) is 6.01. The van der Waals surface area contributed by atoms with Gasteiger partial charge in [-0.2, -0.15) is 4.98 Å². The van der Waals surface area contributed by atoms with Crippen molar-refractivity contribution in [1.29, 1.82) is 0 Å². The highest BCUT2D eigenvalue weighted by Gasteiger charge is 2.21. The molecule has 1 atom stereocenters. The Morgan fingerprint density at radius 1 is 1.30 bits per heavy atom. The molecule has 0 radical (unpaired) electrons. The van der Waals surface area contributed by atoms with Crippen LogP contribution >= 0.6 is 11.3 Å². The van der Waals surface area contributed by atoms with Gasteiger partial charge in [0.1, 0.15) is 10.5 Å². The van der Waals surface area contributed by atoms with Crippen LogP contribution < -0.4 is 10.6 Å². The molecule has 3 aromatic heterocycles. The number of rotatable bonds is 6. The van der Waals surface area contributed by atoms with Crippen LogP contribution in [0.4, 0.5) is 10.3 Å². The third kappa shape index (κ3) is 4.71. The van der Waals surface area contributed by atoms with Crippen LogP contribution in [0, 0.1) is 18.7 Å². The van der Waals surface area contributed by atoms with Crippen molar-refractivity contribution in [2.24, 2.45) is 5.92 Å². The largest absolute Gasteiger partial charge is 0.381 e. The number of pyridine rings is 1. The summed E-state index contributed by atoms with van der Waals surface area (Å²) >= 11 is 1.39. The van der Waals surface area contributed by atoms with Gasteiger partial charge in [-0.1, -0.05) is 0 Å². The smallest absolute Gasteiger partial charge is 0.271 e. The van der Waals surface area contributed by atoms with Gasteiger partial charge in [0.25, 0.3) is 5.91 Å². The van der Waals surface area contributed by atoms with Crippen LogP contribution in [0.15, 0.2) is 18.5 Å². The molecule has 1 saturated heterocycles. The lowest BCUT2D eigenvalue weighted by atomic mass is 10.0. The Hall–Kier alpha value is -2.72. The molecule has 10 heteroatoms. The van der Waals surface area contributed by atoms with E-state index in [2.05, 4.69) is 30.6 Å². The Morgan fingerprint density at radius 2 is 2.10 bits per heavy atom. The molecule has 0 saturated carbocycles. The minimum atomic E-state index is -0.416. The second-order valence-corrected chi connectivity index (χ2v) is 8.55. The van der Waals surface area contributed by atoms with E-state index < -0.39 is 5.82 Å². The van der Waals surface area contributed by atoms with E-state index in [0.717, 1.165) is 37.3 Å². The first kappa shape index (κ1) is 20.5. The minimum absolute atomic E-state index is 0.249. The van der Waals surface area contributed by atoms with Gasteiger partial charge >= 0.3 is 0 Å². The highest BCUT2D eigenvalue weighted by molar-refractivity contribution is 7.18. The Labute approximate surface area is 177 Å². The van der Waals surface area contributed by atoms with Crippen molar-refractivity contribution in [2.75, 3.05) is 25.1 Å². The van der Waals surface area contributed by atoms with Gasteiger partial charge in [-0.05, 0) is 44.2 Å². The zero-order chi connectivity index (χ0) is 21.1. The summed E-state index contributed by atoms with van der Waals surface area (Å²) in [6.45, 7) is 5.76. The maximum Gasteiger partial charge on any atom is 0.271 e. The van der Waals surface area contributed by atoms with Crippen LogP contribution in [0.2, 0.25) is 0 Å². The molecule has 2 N–H and O–H groups in total. The number of thiazole rings is 1. The summed E-state index contributed by atoms with van der Waals surface area (Å²) in [5.41, 5.74) is 1.42. The molecule has 30 heavy (non-hydrogen) atoms. The topological polar surface area (TPSA) is 102 Å². The number of nitrogens with one attached hydrogen (secondary N) is 2. The number of nitrogens with zero attached hydrogens (tertiary/aromatic N) is 4. The fourth-order valence-corrected chi connectivity index (χ4v) is 4.20. The lowest BCUT2D eigenvalue weighted by Gasteiger charge is -2.22. The van der Waals surface area contributed by atoms with Crippen LogP contribution in [0.25, 0.3) is 10.3 Å². The summed E-state index contributed by atoms with van der Waals surface area (Å²) in [4.78, 5) is 30.1. The Bertz CT molecular complexity index is 1050. The molecule has 1 aliphatic heterocycles. The molecule has 0 bridgehead atoms. The number of hydrogen-bond donors (Lipinski definition) is 2. The van der Waals surface area contributed by atoms with E-state index >= 15 is 0 Å². The van der Waals surface area contributed by atoms with Crippen molar-refractivity contribution < 1.29 is 13.9 Å². The Kier molecular flexibility index (Phi) is 6.14. The molecule has 1 fully saturated rings. The summed E-state index contributed by atoms with van der Waals surface area (Å²) in [5.74, 6) is 0.00332. The number of ether oxygens (including phenoxy) is 1. The van der Waals surface area contributed by atoms with Crippen LogP contribution in [-0.2, 0) is 4.74 Å². The molecule has 1 aliphatic rings. The maximum absolute atomic E-state index is 13.5. The summed E-state index contributed by atoms with van der Waals surface area (Å²) in [6.07, 6.45) is 4.60. The van der Waals surface area contributed by atoms with E-state index in [0.29, 0.717) is 34.1 Å². The molecule has 158 valence electrons. The lowest BCUT2D eigenvalue weighted by molar-refractivity contribution is 0.0642. The monoisotopic (exact) mass is 430 g/mol. The molecule has 1 amide bonds. The number of carbonyl (C=O) groups excluding carboxylic acids is 1. The first-order chi connectivity index (χ1) is 14.5. The van der Waals surface area contributed by atoms with Gasteiger partial charge in [-0.3, -0.25) is 9.78 Å². The summed E-state index contributed by atoms with van der Waals surface area (Å²) in [7, 11) is 0. The minimum Gasteiger partial charge on any atom is -0.381 e. The Balaban J connectivity index is 1.56. The van der Waals surface area contributed by atoms with E-state index in [1.807, 2.05) is 13.8 Å². The van der Waals surface area contributed by atoms with E-state index in [9.17, 15) is 9.18 Å². The van der Waals surface area contributed by atoms with Gasteiger partial charge in [0.2, 0.25) is 5.95 Å². The van der Waals surface area contributed by atoms with Crippen LogP contribution in [0.3, 0.4) is 0 Å². The zero-order valence-electron chi connectivity index (χ0n) is 16.8. The average Bonchev–Trinajstić information content (AvgIpc) is 3.12. The van der Waals surface area contributed by atoms with E-state index in [1.54, 1.807) is 6.20 Å². The number of hydrogen-bond acceptors (Lipinski definition) is 8. The highest BCUT2D eigenvalue weighted by Crippen LogP contribution is 2.26. The van der Waals surface area contributed by atoms with Crippen molar-refractivity contribution in [3.05, 3.63) is 40.5 Å². The number of halogens is 1. The predicted octanol–water partition coefficient (Wildman–Crippen LogP) is 3.26. The number of carbonyl (C=O) groups is 1. The SMILES string of the molecule is Cc1nc2nc(N[C@@H](C)c3cncc(F)c3)nc(C(=O)NCC3CCOCC3)c2s1. The van der Waals surface area contributed by atoms with Crippen molar-refractivity contribution in [3.8, 4) is 0 Å². The third-order valence-electron chi connectivity index (χ3n) is 5.04. The van der Waals surface area contributed by atoms with E-state index in [4.69, 9.17) is 4.74 Å². The summed E-state index contributed by atoms with van der Waals surface area (Å²) < 4.78 is 19.5. The highest BCUT2D eigenvalue weighted by atomic mass is 32.1. The maximum atomic E-state index is 13.5. The fourth-order valence-electron chi connectivity index (χ4n) is 3.36. The van der Waals surface area contributed by atoms with Crippen LogP contribution in [0.5, 0.6) is 0 Å². The second kappa shape index (κ2) is 8.97. The van der Waals surface area contributed by atoms with Gasteiger partial charge in [0.05, 0.1) is 17.2 Å². The molecule has 0 spiro atoms. The molecule has 4 heterocycles. The number of aromatic nitrogens is 4. The first-order valence-electron chi connectivity index (χ1n) is 9.87. The molecular formula is C20H23FN6O2S. The van der Waals surface area contributed by atoms with E-state index in [-0.39, 0.29) is 17.9 Å². The summed E-state index contributed by atoms with van der Waals surface area (Å²) in [5, 5.41) is 6.93. The van der Waals surface area contributed by atoms with Crippen molar-refractivity contribution >= 4 is 33.5 Å². The Morgan fingerprint density at radius 3 is 2.87 bits per heavy atom. The van der Waals surface area contributed by atoms with Gasteiger partial charge < -0.3 is 15.4 Å². The van der Waals surface area contributed by atoms with Gasteiger partial charge in [-0.25, -0.2) is 14.4 Å². The molecule has 4 rings (SSSR count). The van der Waals surface area contributed by atoms with Crippen LogP contribution in [0.1, 0.15) is 46.9 Å². The first-order valence-corrected chi connectivity index (χ1v) is 10.7. The van der Waals surface area contributed by atoms with Gasteiger partial charge in [-0.15, -0.1) is 11.3 Å². The fraction of sp³-hybridized carbons (Fsp3) is 0.450. The number of fused-ring (bicyclic) bond motifs is 1. The second-order valence-electron chi connectivity index (χ2n) is 7.35. The van der Waals surface area contributed by atoms with Crippen LogP contribution in [-0.4, -0.2) is 45.6 Å². The summed E-state index contributed by atoms with van der Waals surface area (Å²) in [6, 6.07) is 1.10. The lowest BCUT2D eigenvalue weighted by Crippen LogP contribution is -2.32. The van der Waals surface area contributed by atoms with Gasteiger partial charge in [0.15, 0.2) is 11.3 Å². The normalized spacial score (nSPS) is 15.8. The average molecular weight is 431 g/mol. The standard InChI is InChI=1S/C20H23FN6O2S/c1-11(14-7-15(21)10-22-9-14)24-20-26-16(17-18(27-20)25-12(2)30-17)19(28)23-8-13-3-5-29-6-4-13/h7,9-11,13H,3-6,8H2,1-2H3,(H,23,28)(H,24,26,27)/t11-/m0/s1.